The SMILES string of the molecule is OC1CCc2nc(-c3cccnc3)cn2C1. The summed E-state index contributed by atoms with van der Waals surface area (Å²) in [6.07, 6.45) is 6.98. The molecule has 1 atom stereocenters. The van der Waals surface area contributed by atoms with Crippen LogP contribution < -0.4 is 0 Å². The van der Waals surface area contributed by atoms with Crippen molar-refractivity contribution in [3.8, 4) is 11.3 Å². The molecule has 82 valence electrons. The van der Waals surface area contributed by atoms with E-state index >= 15 is 0 Å². The van der Waals surface area contributed by atoms with Crippen LogP contribution in [0.15, 0.2) is 30.7 Å². The second-order valence-corrected chi connectivity index (χ2v) is 4.13. The number of aliphatic hydroxyl groups excluding tert-OH is 1. The Balaban J connectivity index is 1.99. The minimum absolute atomic E-state index is 0.233. The van der Waals surface area contributed by atoms with Crippen molar-refractivity contribution in [2.75, 3.05) is 0 Å². The Kier molecular flexibility index (Phi) is 2.22. The van der Waals surface area contributed by atoms with Crippen LogP contribution in [0.5, 0.6) is 0 Å². The fourth-order valence-corrected chi connectivity index (χ4v) is 2.08. The minimum Gasteiger partial charge on any atom is -0.391 e. The number of imidazole rings is 1. The largest absolute Gasteiger partial charge is 0.391 e. The highest BCUT2D eigenvalue weighted by Gasteiger charge is 2.18. The number of aromatic nitrogens is 3. The number of pyridine rings is 1. The molecule has 16 heavy (non-hydrogen) atoms. The van der Waals surface area contributed by atoms with E-state index < -0.39 is 0 Å². The Morgan fingerprint density at radius 1 is 1.44 bits per heavy atom. The lowest BCUT2D eigenvalue weighted by Gasteiger charge is -2.18. The Morgan fingerprint density at radius 2 is 2.38 bits per heavy atom. The van der Waals surface area contributed by atoms with Crippen LogP contribution in [0.4, 0.5) is 0 Å². The average Bonchev–Trinajstić information content (AvgIpc) is 2.73. The molecule has 0 saturated heterocycles. The predicted molar refractivity (Wildman–Crippen MR) is 59.8 cm³/mol. The van der Waals surface area contributed by atoms with Gasteiger partial charge in [0.2, 0.25) is 0 Å². The van der Waals surface area contributed by atoms with E-state index in [0.29, 0.717) is 6.54 Å². The van der Waals surface area contributed by atoms with Crippen molar-refractivity contribution in [3.05, 3.63) is 36.5 Å². The molecule has 3 heterocycles. The van der Waals surface area contributed by atoms with E-state index in [2.05, 4.69) is 9.97 Å². The van der Waals surface area contributed by atoms with Crippen molar-refractivity contribution in [3.63, 3.8) is 0 Å². The van der Waals surface area contributed by atoms with E-state index in [1.807, 2.05) is 29.1 Å². The second-order valence-electron chi connectivity index (χ2n) is 4.13. The summed E-state index contributed by atoms with van der Waals surface area (Å²) in [5.74, 6) is 1.06. The molecule has 4 nitrogen and oxygen atoms in total. The fraction of sp³-hybridized carbons (Fsp3) is 0.333. The van der Waals surface area contributed by atoms with Gasteiger partial charge < -0.3 is 9.67 Å². The average molecular weight is 215 g/mol. The number of hydrogen-bond donors (Lipinski definition) is 1. The number of aryl methyl sites for hydroxylation is 1. The quantitative estimate of drug-likeness (QED) is 0.779. The van der Waals surface area contributed by atoms with Gasteiger partial charge in [0.05, 0.1) is 11.8 Å². The first-order chi connectivity index (χ1) is 7.83. The maximum atomic E-state index is 9.57. The van der Waals surface area contributed by atoms with Gasteiger partial charge in [0.1, 0.15) is 5.82 Å². The highest BCUT2D eigenvalue weighted by atomic mass is 16.3. The molecule has 0 saturated carbocycles. The monoisotopic (exact) mass is 215 g/mol. The van der Waals surface area contributed by atoms with Gasteiger partial charge in [-0.2, -0.15) is 0 Å². The van der Waals surface area contributed by atoms with Crippen LogP contribution in [-0.4, -0.2) is 25.7 Å². The molecule has 1 aliphatic heterocycles. The lowest BCUT2D eigenvalue weighted by Crippen LogP contribution is -2.23. The molecule has 2 aromatic rings. The third-order valence-electron chi connectivity index (χ3n) is 2.93. The summed E-state index contributed by atoms with van der Waals surface area (Å²) in [4.78, 5) is 8.65. The zero-order valence-electron chi connectivity index (χ0n) is 8.87. The molecule has 3 rings (SSSR count). The molecule has 0 bridgehead atoms. The predicted octanol–water partition coefficient (Wildman–Crippen LogP) is 1.25. The number of rotatable bonds is 1. The Morgan fingerprint density at radius 3 is 3.19 bits per heavy atom. The van der Waals surface area contributed by atoms with Crippen LogP contribution in [0.2, 0.25) is 0 Å². The van der Waals surface area contributed by atoms with Gasteiger partial charge >= 0.3 is 0 Å². The van der Waals surface area contributed by atoms with Gasteiger partial charge in [0.15, 0.2) is 0 Å². The van der Waals surface area contributed by atoms with Crippen molar-refractivity contribution >= 4 is 0 Å². The van der Waals surface area contributed by atoms with E-state index in [-0.39, 0.29) is 6.10 Å². The van der Waals surface area contributed by atoms with Gasteiger partial charge in [0.25, 0.3) is 0 Å². The van der Waals surface area contributed by atoms with Crippen LogP contribution in [-0.2, 0) is 13.0 Å². The van der Waals surface area contributed by atoms with E-state index in [0.717, 1.165) is 29.9 Å². The molecule has 0 spiro atoms. The molecule has 0 aliphatic carbocycles. The van der Waals surface area contributed by atoms with Gasteiger partial charge in [-0.25, -0.2) is 4.98 Å². The third-order valence-corrected chi connectivity index (χ3v) is 2.93. The summed E-state index contributed by atoms with van der Waals surface area (Å²) in [5, 5.41) is 9.57. The molecule has 1 aliphatic rings. The summed E-state index contributed by atoms with van der Waals surface area (Å²) in [7, 11) is 0. The first-order valence-corrected chi connectivity index (χ1v) is 5.47. The molecular weight excluding hydrogens is 202 g/mol. The maximum Gasteiger partial charge on any atom is 0.109 e. The Bertz CT molecular complexity index is 492. The van der Waals surface area contributed by atoms with Gasteiger partial charge in [0, 0.05) is 37.1 Å². The van der Waals surface area contributed by atoms with E-state index in [9.17, 15) is 5.11 Å². The summed E-state index contributed by atoms with van der Waals surface area (Å²) in [6.45, 7) is 0.655. The Labute approximate surface area is 93.6 Å². The lowest BCUT2D eigenvalue weighted by molar-refractivity contribution is 0.130. The van der Waals surface area contributed by atoms with Crippen molar-refractivity contribution in [2.24, 2.45) is 0 Å². The topological polar surface area (TPSA) is 50.9 Å². The first kappa shape index (κ1) is 9.54. The molecule has 0 amide bonds. The molecule has 1 unspecified atom stereocenters. The van der Waals surface area contributed by atoms with Crippen LogP contribution in [0.25, 0.3) is 11.3 Å². The Hall–Kier alpha value is -1.68. The zero-order valence-corrected chi connectivity index (χ0v) is 8.87. The molecule has 0 radical (unpaired) electrons. The molecule has 1 N–H and O–H groups in total. The maximum absolute atomic E-state index is 9.57. The highest BCUT2D eigenvalue weighted by Crippen LogP contribution is 2.21. The summed E-state index contributed by atoms with van der Waals surface area (Å²) < 4.78 is 2.04. The smallest absolute Gasteiger partial charge is 0.109 e. The number of hydrogen-bond acceptors (Lipinski definition) is 3. The van der Waals surface area contributed by atoms with E-state index in [1.165, 1.54) is 0 Å². The summed E-state index contributed by atoms with van der Waals surface area (Å²) >= 11 is 0. The van der Waals surface area contributed by atoms with Crippen LogP contribution >= 0.6 is 0 Å². The summed E-state index contributed by atoms with van der Waals surface area (Å²) in [5.41, 5.74) is 1.97. The highest BCUT2D eigenvalue weighted by molar-refractivity contribution is 5.57. The molecule has 4 heteroatoms. The van der Waals surface area contributed by atoms with Crippen LogP contribution in [0.3, 0.4) is 0 Å². The standard InChI is InChI=1S/C12H13N3O/c16-10-3-4-12-14-11(8-15(12)7-10)9-2-1-5-13-6-9/h1-2,5-6,8,10,16H,3-4,7H2. The number of fused-ring (bicyclic) bond motifs is 1. The molecule has 0 aromatic carbocycles. The van der Waals surface area contributed by atoms with Crippen LogP contribution in [0, 0.1) is 0 Å². The van der Waals surface area contributed by atoms with Gasteiger partial charge in [-0.15, -0.1) is 0 Å². The van der Waals surface area contributed by atoms with E-state index in [4.69, 9.17) is 0 Å². The van der Waals surface area contributed by atoms with Gasteiger partial charge in [-0.05, 0) is 18.6 Å². The fourth-order valence-electron chi connectivity index (χ4n) is 2.08. The number of aliphatic hydroxyl groups is 1. The van der Waals surface area contributed by atoms with Crippen molar-refractivity contribution in [2.45, 2.75) is 25.5 Å². The van der Waals surface area contributed by atoms with Gasteiger partial charge in [-0.3, -0.25) is 4.98 Å². The minimum atomic E-state index is -0.233. The lowest BCUT2D eigenvalue weighted by atomic mass is 10.1. The van der Waals surface area contributed by atoms with Crippen molar-refractivity contribution in [1.82, 2.24) is 14.5 Å². The normalized spacial score (nSPS) is 19.4. The van der Waals surface area contributed by atoms with Crippen molar-refractivity contribution < 1.29 is 5.11 Å². The first-order valence-electron chi connectivity index (χ1n) is 5.47. The molecule has 2 aromatic heterocycles. The summed E-state index contributed by atoms with van der Waals surface area (Å²) in [6, 6.07) is 3.90. The number of nitrogens with zero attached hydrogens (tertiary/aromatic N) is 3. The second kappa shape index (κ2) is 3.72. The van der Waals surface area contributed by atoms with Gasteiger partial charge in [-0.1, -0.05) is 0 Å². The third kappa shape index (κ3) is 1.61. The van der Waals surface area contributed by atoms with E-state index in [1.54, 1.807) is 6.20 Å². The van der Waals surface area contributed by atoms with Crippen molar-refractivity contribution in [1.29, 1.82) is 0 Å². The van der Waals surface area contributed by atoms with Crippen LogP contribution in [0.1, 0.15) is 12.2 Å². The molecule has 0 fully saturated rings. The zero-order chi connectivity index (χ0) is 11.0. The molecular formula is C12H13N3O.